The van der Waals surface area contributed by atoms with E-state index in [2.05, 4.69) is 31.9 Å². The Morgan fingerprint density at radius 1 is 1.16 bits per heavy atom. The Morgan fingerprint density at radius 2 is 1.91 bits per heavy atom. The number of nitrogen functional groups attached to an aromatic ring is 1. The summed E-state index contributed by atoms with van der Waals surface area (Å²) in [6, 6.07) is 8.26. The summed E-state index contributed by atoms with van der Waals surface area (Å²) < 4.78 is 43.5. The highest BCUT2D eigenvalue weighted by Gasteiger charge is 2.17. The van der Waals surface area contributed by atoms with Gasteiger partial charge < -0.3 is 20.9 Å². The second kappa shape index (κ2) is 10.3. The van der Waals surface area contributed by atoms with Gasteiger partial charge in [0.15, 0.2) is 0 Å². The molecule has 7 nitrogen and oxygen atoms in total. The minimum atomic E-state index is -3.10. The molecule has 10 heteroatoms. The third-order valence-electron chi connectivity index (χ3n) is 4.21. The van der Waals surface area contributed by atoms with E-state index < -0.39 is 31.0 Å². The second-order valence-electron chi connectivity index (χ2n) is 6.43. The first-order valence-corrected chi connectivity index (χ1v) is 9.21. The largest absolute Gasteiger partial charge is 0.434 e. The van der Waals surface area contributed by atoms with E-state index >= 15 is 0 Å². The molecule has 1 aromatic heterocycles. The van der Waals surface area contributed by atoms with Gasteiger partial charge >= 0.3 is 6.61 Å². The van der Waals surface area contributed by atoms with E-state index in [1.165, 1.54) is 48.8 Å². The van der Waals surface area contributed by atoms with Gasteiger partial charge in [0, 0.05) is 18.0 Å². The van der Waals surface area contributed by atoms with E-state index in [0.29, 0.717) is 11.1 Å². The van der Waals surface area contributed by atoms with Crippen LogP contribution in [-0.2, 0) is 0 Å². The lowest BCUT2D eigenvalue weighted by molar-refractivity contribution is -0.0500. The van der Waals surface area contributed by atoms with Gasteiger partial charge in [-0.25, -0.2) is 14.4 Å². The van der Waals surface area contributed by atoms with E-state index in [1.54, 1.807) is 6.07 Å². The lowest BCUT2D eigenvalue weighted by Gasteiger charge is -2.17. The molecule has 0 saturated carbocycles. The van der Waals surface area contributed by atoms with Crippen LogP contribution < -0.4 is 15.8 Å². The summed E-state index contributed by atoms with van der Waals surface area (Å²) in [6.45, 7) is -3.58. The van der Waals surface area contributed by atoms with Gasteiger partial charge in [0.1, 0.15) is 11.6 Å². The Balaban J connectivity index is 1.88. The van der Waals surface area contributed by atoms with Crippen LogP contribution in [0.1, 0.15) is 33.1 Å². The van der Waals surface area contributed by atoms with E-state index in [4.69, 9.17) is 5.73 Å². The molecule has 1 unspecified atom stereocenters. The van der Waals surface area contributed by atoms with Crippen LogP contribution >= 0.6 is 0 Å². The molecule has 4 N–H and O–H groups in total. The van der Waals surface area contributed by atoms with Gasteiger partial charge in [-0.1, -0.05) is 24.0 Å². The number of hydrogen-bond acceptors (Lipinski definition) is 6. The number of nitrogens with one attached hydrogen (secondary N) is 1. The van der Waals surface area contributed by atoms with Crippen molar-refractivity contribution in [3.8, 4) is 17.6 Å². The minimum Gasteiger partial charge on any atom is -0.434 e. The first-order valence-electron chi connectivity index (χ1n) is 9.21. The zero-order chi connectivity index (χ0) is 23.1. The first-order chi connectivity index (χ1) is 15.4. The Kier molecular flexibility index (Phi) is 7.25. The molecule has 1 amide bonds. The highest BCUT2D eigenvalue weighted by atomic mass is 19.3. The number of carbonyl (C=O) groups excluding carboxylic acids is 1. The van der Waals surface area contributed by atoms with E-state index in [-0.39, 0.29) is 22.8 Å². The summed E-state index contributed by atoms with van der Waals surface area (Å²) in [5.74, 6) is 4.00. The maximum atomic E-state index is 13.5. The highest BCUT2D eigenvalue weighted by molar-refractivity contribution is 5.95. The molecular weight excluding hydrogens is 425 g/mol. The maximum Gasteiger partial charge on any atom is 0.387 e. The number of halogens is 3. The van der Waals surface area contributed by atoms with Crippen molar-refractivity contribution >= 4 is 11.9 Å². The van der Waals surface area contributed by atoms with Crippen LogP contribution in [0.4, 0.5) is 19.1 Å². The van der Waals surface area contributed by atoms with Crippen LogP contribution in [-0.4, -0.2) is 34.2 Å². The van der Waals surface area contributed by atoms with Crippen LogP contribution in [0.3, 0.4) is 0 Å². The molecular formula is C22H17F3N4O3. The van der Waals surface area contributed by atoms with Crippen LogP contribution in [0, 0.1) is 17.7 Å². The number of hydrogen-bond donors (Lipinski definition) is 3. The summed E-state index contributed by atoms with van der Waals surface area (Å²) in [7, 11) is 0. The standard InChI is InChI=1S/C22H17F3N4O3/c23-17-3-1-2-14(9-17)18(12-30)29-20(31)16-6-7-19(32-21(24)25)15(8-16)5-4-13-10-27-22(26)28-11-13/h1-3,6-11,18,21,30H,12H2,(H,29,31)(H2,26,27,28). The quantitative estimate of drug-likeness (QED) is 0.507. The molecule has 0 saturated heterocycles. The second-order valence-corrected chi connectivity index (χ2v) is 6.43. The fraction of sp³-hybridized carbons (Fsp3) is 0.136. The predicted octanol–water partition coefficient (Wildman–Crippen LogP) is 2.66. The molecule has 0 bridgehead atoms. The van der Waals surface area contributed by atoms with Crippen molar-refractivity contribution in [1.82, 2.24) is 15.3 Å². The smallest absolute Gasteiger partial charge is 0.387 e. The fourth-order valence-electron chi connectivity index (χ4n) is 2.71. The van der Waals surface area contributed by atoms with Crippen molar-refractivity contribution in [3.63, 3.8) is 0 Å². The van der Waals surface area contributed by atoms with Gasteiger partial charge in [-0.05, 0) is 35.9 Å². The number of rotatable bonds is 6. The van der Waals surface area contributed by atoms with Crippen LogP contribution in [0.25, 0.3) is 0 Å². The molecule has 0 radical (unpaired) electrons. The van der Waals surface area contributed by atoms with Gasteiger partial charge in [-0.15, -0.1) is 0 Å². The fourth-order valence-corrected chi connectivity index (χ4v) is 2.71. The molecule has 0 aliphatic rings. The molecule has 2 aromatic carbocycles. The van der Waals surface area contributed by atoms with Crippen LogP contribution in [0.15, 0.2) is 54.9 Å². The topological polar surface area (TPSA) is 110 Å². The predicted molar refractivity (Wildman–Crippen MR) is 109 cm³/mol. The Bertz CT molecular complexity index is 1160. The molecule has 0 spiro atoms. The van der Waals surface area contributed by atoms with Gasteiger partial charge in [0.2, 0.25) is 5.95 Å². The van der Waals surface area contributed by atoms with Crippen LogP contribution in [0.5, 0.6) is 5.75 Å². The SMILES string of the molecule is Nc1ncc(C#Cc2cc(C(=O)NC(CO)c3cccc(F)c3)ccc2OC(F)F)cn1. The van der Waals surface area contributed by atoms with Crippen molar-refractivity contribution in [3.05, 3.63) is 82.9 Å². The normalized spacial score (nSPS) is 11.4. The lowest BCUT2D eigenvalue weighted by atomic mass is 10.1. The van der Waals surface area contributed by atoms with E-state index in [0.717, 1.165) is 0 Å². The Labute approximate surface area is 181 Å². The number of benzene rings is 2. The van der Waals surface area contributed by atoms with Crippen LogP contribution in [0.2, 0.25) is 0 Å². The molecule has 164 valence electrons. The summed E-state index contributed by atoms with van der Waals surface area (Å²) in [5.41, 5.74) is 6.22. The number of anilines is 1. The monoisotopic (exact) mass is 442 g/mol. The van der Waals surface area contributed by atoms with Crippen molar-refractivity contribution in [2.75, 3.05) is 12.3 Å². The van der Waals surface area contributed by atoms with Crippen molar-refractivity contribution < 1.29 is 27.8 Å². The number of nitrogens with zero attached hydrogens (tertiary/aromatic N) is 2. The van der Waals surface area contributed by atoms with Gasteiger partial charge in [-0.2, -0.15) is 8.78 Å². The number of carbonyl (C=O) groups is 1. The molecule has 3 rings (SSSR count). The van der Waals surface area contributed by atoms with Crippen molar-refractivity contribution in [2.24, 2.45) is 0 Å². The summed E-state index contributed by atoms with van der Waals surface area (Å²) >= 11 is 0. The Morgan fingerprint density at radius 3 is 2.56 bits per heavy atom. The number of alkyl halides is 2. The Hall–Kier alpha value is -4.10. The first kappa shape index (κ1) is 22.6. The average molecular weight is 442 g/mol. The molecule has 1 atom stereocenters. The number of aliphatic hydroxyl groups excluding tert-OH is 1. The van der Waals surface area contributed by atoms with E-state index in [9.17, 15) is 23.1 Å². The zero-order valence-corrected chi connectivity index (χ0v) is 16.4. The zero-order valence-electron chi connectivity index (χ0n) is 16.4. The third kappa shape index (κ3) is 5.96. The molecule has 1 heterocycles. The summed E-state index contributed by atoms with van der Waals surface area (Å²) in [5, 5.41) is 12.2. The van der Waals surface area contributed by atoms with Crippen molar-refractivity contribution in [2.45, 2.75) is 12.7 Å². The minimum absolute atomic E-state index is 0.0149. The lowest BCUT2D eigenvalue weighted by Crippen LogP contribution is -2.30. The third-order valence-corrected chi connectivity index (χ3v) is 4.21. The molecule has 3 aromatic rings. The number of nitrogens with two attached hydrogens (primary N) is 1. The number of ether oxygens (including phenoxy) is 1. The molecule has 0 fully saturated rings. The van der Waals surface area contributed by atoms with E-state index in [1.807, 2.05) is 0 Å². The average Bonchev–Trinajstić information content (AvgIpc) is 2.77. The molecule has 32 heavy (non-hydrogen) atoms. The van der Waals surface area contributed by atoms with Gasteiger partial charge in [0.05, 0.1) is 23.8 Å². The molecule has 0 aliphatic carbocycles. The summed E-state index contributed by atoms with van der Waals surface area (Å²) in [4.78, 5) is 20.2. The molecule has 0 aliphatic heterocycles. The summed E-state index contributed by atoms with van der Waals surface area (Å²) in [6.07, 6.45) is 2.70. The van der Waals surface area contributed by atoms with Gasteiger partial charge in [0.25, 0.3) is 5.91 Å². The number of aliphatic hydroxyl groups is 1. The van der Waals surface area contributed by atoms with Gasteiger partial charge in [-0.3, -0.25) is 4.79 Å². The number of aromatic nitrogens is 2. The van der Waals surface area contributed by atoms with Crippen molar-refractivity contribution in [1.29, 1.82) is 0 Å². The maximum absolute atomic E-state index is 13.5. The highest BCUT2D eigenvalue weighted by Crippen LogP contribution is 2.22. The number of amides is 1.